The van der Waals surface area contributed by atoms with Gasteiger partial charge in [-0.05, 0) is 49.2 Å². The van der Waals surface area contributed by atoms with Gasteiger partial charge in [0.25, 0.3) is 0 Å². The van der Waals surface area contributed by atoms with Gasteiger partial charge in [-0.3, -0.25) is 9.80 Å². The maximum absolute atomic E-state index is 12.3. The third-order valence-corrected chi connectivity index (χ3v) is 8.79. The third kappa shape index (κ3) is 5.91. The van der Waals surface area contributed by atoms with E-state index in [2.05, 4.69) is 23.9 Å². The molecule has 0 amide bonds. The smallest absolute Gasteiger partial charge is 0.127 e. The Hall–Kier alpha value is -3.28. The topological polar surface area (TPSA) is 46.9 Å². The van der Waals surface area contributed by atoms with Crippen LogP contribution >= 0.6 is 0 Å². The number of benzene rings is 4. The van der Waals surface area contributed by atoms with E-state index in [0.717, 1.165) is 47.9 Å². The SMILES string of the molecule is CN(CC(O)(c1ccccc1)c1ccccc1)[C@H]1CCCC[C@@H]1N(C)CC(O)(c1ccccc1)c1ccccc1. The van der Waals surface area contributed by atoms with Crippen molar-refractivity contribution in [2.24, 2.45) is 0 Å². The van der Waals surface area contributed by atoms with Crippen LogP contribution in [0.3, 0.4) is 0 Å². The minimum atomic E-state index is -1.13. The molecule has 5 rings (SSSR count). The lowest BCUT2D eigenvalue weighted by molar-refractivity contribution is -0.0200. The molecule has 0 radical (unpaired) electrons. The van der Waals surface area contributed by atoms with E-state index >= 15 is 0 Å². The highest BCUT2D eigenvalue weighted by molar-refractivity contribution is 5.38. The zero-order valence-electron chi connectivity index (χ0n) is 23.7. The fourth-order valence-corrected chi connectivity index (χ4v) is 6.63. The van der Waals surface area contributed by atoms with E-state index in [1.54, 1.807) is 0 Å². The second-order valence-corrected chi connectivity index (χ2v) is 11.4. The van der Waals surface area contributed by atoms with Gasteiger partial charge in [0.05, 0.1) is 0 Å². The molecule has 0 spiro atoms. The van der Waals surface area contributed by atoms with E-state index in [-0.39, 0.29) is 12.1 Å². The number of likely N-dealkylation sites (N-methyl/N-ethyl adjacent to an activating group) is 2. The van der Waals surface area contributed by atoms with Gasteiger partial charge in [-0.2, -0.15) is 0 Å². The van der Waals surface area contributed by atoms with Gasteiger partial charge in [0, 0.05) is 25.2 Å². The van der Waals surface area contributed by atoms with Crippen LogP contribution in [0.1, 0.15) is 47.9 Å². The van der Waals surface area contributed by atoms with Gasteiger partial charge in [-0.15, -0.1) is 0 Å². The Morgan fingerprint density at radius 3 is 1.00 bits per heavy atom. The van der Waals surface area contributed by atoms with Crippen LogP contribution in [-0.4, -0.2) is 59.3 Å². The predicted molar refractivity (Wildman–Crippen MR) is 163 cm³/mol. The number of aliphatic hydroxyl groups is 2. The van der Waals surface area contributed by atoms with E-state index in [0.29, 0.717) is 13.1 Å². The average molecular weight is 535 g/mol. The van der Waals surface area contributed by atoms with Gasteiger partial charge in [0.15, 0.2) is 0 Å². The van der Waals surface area contributed by atoms with Gasteiger partial charge in [-0.1, -0.05) is 134 Å². The monoisotopic (exact) mass is 534 g/mol. The molecule has 0 heterocycles. The second kappa shape index (κ2) is 12.5. The molecular weight excluding hydrogens is 492 g/mol. The maximum atomic E-state index is 12.3. The Balaban J connectivity index is 1.42. The van der Waals surface area contributed by atoms with Crippen LogP contribution in [-0.2, 0) is 11.2 Å². The number of nitrogens with zero attached hydrogens (tertiary/aromatic N) is 2. The third-order valence-electron chi connectivity index (χ3n) is 8.79. The van der Waals surface area contributed by atoms with Crippen molar-refractivity contribution in [2.45, 2.75) is 49.0 Å². The number of hydrogen-bond acceptors (Lipinski definition) is 4. The molecule has 1 aliphatic carbocycles. The van der Waals surface area contributed by atoms with E-state index in [1.165, 1.54) is 0 Å². The van der Waals surface area contributed by atoms with Crippen molar-refractivity contribution in [1.29, 1.82) is 0 Å². The Labute approximate surface area is 239 Å². The molecule has 4 heteroatoms. The summed E-state index contributed by atoms with van der Waals surface area (Å²) in [7, 11) is 4.29. The van der Waals surface area contributed by atoms with E-state index in [4.69, 9.17) is 0 Å². The van der Waals surface area contributed by atoms with Crippen LogP contribution in [0, 0.1) is 0 Å². The molecule has 0 bridgehead atoms. The fourth-order valence-electron chi connectivity index (χ4n) is 6.63. The molecule has 1 fully saturated rings. The van der Waals surface area contributed by atoms with Crippen LogP contribution in [0.15, 0.2) is 121 Å². The minimum Gasteiger partial charge on any atom is -0.379 e. The quantitative estimate of drug-likeness (QED) is 0.261. The summed E-state index contributed by atoms with van der Waals surface area (Å²) in [6, 6.07) is 40.6. The fraction of sp³-hybridized carbons (Fsp3) is 0.333. The van der Waals surface area contributed by atoms with E-state index < -0.39 is 11.2 Å². The molecular formula is C36H42N2O2. The molecule has 2 atom stereocenters. The summed E-state index contributed by atoms with van der Waals surface area (Å²) in [5.74, 6) is 0. The molecule has 40 heavy (non-hydrogen) atoms. The first-order valence-electron chi connectivity index (χ1n) is 14.5. The average Bonchev–Trinajstić information content (AvgIpc) is 3.02. The van der Waals surface area contributed by atoms with Crippen molar-refractivity contribution < 1.29 is 10.2 Å². The van der Waals surface area contributed by atoms with Crippen LogP contribution in [0.4, 0.5) is 0 Å². The Morgan fingerprint density at radius 1 is 0.500 bits per heavy atom. The second-order valence-electron chi connectivity index (χ2n) is 11.4. The van der Waals surface area contributed by atoms with E-state index in [1.807, 2.05) is 121 Å². The van der Waals surface area contributed by atoms with E-state index in [9.17, 15) is 10.2 Å². The molecule has 0 aliphatic heterocycles. The molecule has 0 unspecified atom stereocenters. The highest BCUT2D eigenvalue weighted by Crippen LogP contribution is 2.36. The van der Waals surface area contributed by atoms with Crippen molar-refractivity contribution in [1.82, 2.24) is 9.80 Å². The summed E-state index contributed by atoms with van der Waals surface area (Å²) in [4.78, 5) is 4.70. The Morgan fingerprint density at radius 2 is 0.750 bits per heavy atom. The lowest BCUT2D eigenvalue weighted by Gasteiger charge is -2.46. The highest BCUT2D eigenvalue weighted by atomic mass is 16.3. The first-order valence-corrected chi connectivity index (χ1v) is 14.5. The minimum absolute atomic E-state index is 0.244. The van der Waals surface area contributed by atoms with Gasteiger partial charge in [0.1, 0.15) is 11.2 Å². The summed E-state index contributed by atoms with van der Waals surface area (Å²) in [6.45, 7) is 0.968. The zero-order valence-corrected chi connectivity index (χ0v) is 23.7. The summed E-state index contributed by atoms with van der Waals surface area (Å²) >= 11 is 0. The summed E-state index contributed by atoms with van der Waals surface area (Å²) in [5, 5.41) is 24.5. The molecule has 0 saturated heterocycles. The van der Waals surface area contributed by atoms with Crippen molar-refractivity contribution >= 4 is 0 Å². The molecule has 4 aromatic carbocycles. The molecule has 0 aromatic heterocycles. The first-order chi connectivity index (χ1) is 19.4. The predicted octanol–water partition coefficient (Wildman–Crippen LogP) is 6.03. The van der Waals surface area contributed by atoms with Crippen molar-refractivity contribution in [2.75, 3.05) is 27.2 Å². The van der Waals surface area contributed by atoms with Gasteiger partial charge in [0.2, 0.25) is 0 Å². The summed E-state index contributed by atoms with van der Waals surface area (Å²) in [6.07, 6.45) is 4.44. The molecule has 2 N–H and O–H groups in total. The number of hydrogen-bond donors (Lipinski definition) is 2. The normalized spacial score (nSPS) is 18.2. The van der Waals surface area contributed by atoms with Gasteiger partial charge >= 0.3 is 0 Å². The van der Waals surface area contributed by atoms with Crippen molar-refractivity contribution in [3.05, 3.63) is 144 Å². The van der Waals surface area contributed by atoms with Crippen LogP contribution in [0.25, 0.3) is 0 Å². The number of rotatable bonds is 10. The van der Waals surface area contributed by atoms with Gasteiger partial charge < -0.3 is 10.2 Å². The van der Waals surface area contributed by atoms with Gasteiger partial charge in [-0.25, -0.2) is 0 Å². The standard InChI is InChI=1S/C36H42N2O2/c1-37(27-35(39,29-17-7-3-8-18-29)30-19-9-4-10-20-30)33-25-15-16-26-34(33)38(2)28-36(40,31-21-11-5-12-22-31)32-23-13-6-14-24-32/h3-14,17-24,33-34,39-40H,15-16,25-28H2,1-2H3/t33-,34-/m0/s1. The first kappa shape index (κ1) is 28.3. The zero-order chi connectivity index (χ0) is 28.0. The molecule has 4 nitrogen and oxygen atoms in total. The largest absolute Gasteiger partial charge is 0.379 e. The summed E-state index contributed by atoms with van der Waals surface area (Å²) < 4.78 is 0. The molecule has 208 valence electrons. The molecule has 4 aromatic rings. The van der Waals surface area contributed by atoms with Crippen LogP contribution in [0.2, 0.25) is 0 Å². The lowest BCUT2D eigenvalue weighted by atomic mass is 9.82. The van der Waals surface area contributed by atoms with Crippen LogP contribution in [0.5, 0.6) is 0 Å². The Kier molecular flexibility index (Phi) is 8.82. The van der Waals surface area contributed by atoms with Crippen molar-refractivity contribution in [3.63, 3.8) is 0 Å². The lowest BCUT2D eigenvalue weighted by Crippen LogP contribution is -2.56. The molecule has 1 saturated carbocycles. The maximum Gasteiger partial charge on any atom is 0.127 e. The molecule has 1 aliphatic rings. The van der Waals surface area contributed by atoms with Crippen molar-refractivity contribution in [3.8, 4) is 0 Å². The van der Waals surface area contributed by atoms with Crippen LogP contribution < -0.4 is 0 Å². The highest BCUT2D eigenvalue weighted by Gasteiger charge is 2.41. The Bertz CT molecular complexity index is 1130. The summed E-state index contributed by atoms with van der Waals surface area (Å²) in [5.41, 5.74) is 1.33.